The summed E-state index contributed by atoms with van der Waals surface area (Å²) < 4.78 is 0. The molecule has 100 valence electrons. The first-order chi connectivity index (χ1) is 7.99. The molecule has 1 fully saturated rings. The zero-order valence-electron chi connectivity index (χ0n) is 11.9. The highest BCUT2D eigenvalue weighted by Crippen LogP contribution is 2.22. The van der Waals surface area contributed by atoms with Crippen molar-refractivity contribution in [1.82, 2.24) is 9.80 Å². The van der Waals surface area contributed by atoms with Gasteiger partial charge in [0.05, 0.1) is 0 Å². The molecule has 0 heterocycles. The van der Waals surface area contributed by atoms with E-state index in [-0.39, 0.29) is 0 Å². The van der Waals surface area contributed by atoms with Crippen LogP contribution in [0.3, 0.4) is 0 Å². The van der Waals surface area contributed by atoms with Crippen molar-refractivity contribution in [1.29, 1.82) is 0 Å². The van der Waals surface area contributed by atoms with Gasteiger partial charge in [0.15, 0.2) is 0 Å². The number of likely N-dealkylation sites (N-methyl/N-ethyl adjacent to an activating group) is 1. The van der Waals surface area contributed by atoms with Crippen LogP contribution in [0.1, 0.15) is 33.1 Å². The molecule has 0 aliphatic heterocycles. The molecule has 0 bridgehead atoms. The molecular weight excluding hydrogens is 212 g/mol. The first-order valence-electron chi connectivity index (χ1n) is 6.89. The van der Waals surface area contributed by atoms with Gasteiger partial charge >= 0.3 is 0 Å². The van der Waals surface area contributed by atoms with E-state index in [1.165, 1.54) is 0 Å². The summed E-state index contributed by atoms with van der Waals surface area (Å²) in [5.74, 6) is 1.48. The predicted molar refractivity (Wildman–Crippen MR) is 72.2 cm³/mol. The van der Waals surface area contributed by atoms with Crippen molar-refractivity contribution in [2.75, 3.05) is 40.3 Å². The summed E-state index contributed by atoms with van der Waals surface area (Å²) in [7, 11) is 4.21. The number of carbonyl (C=O) groups is 1. The Hall–Kier alpha value is -0.410. The third kappa shape index (κ3) is 5.64. The van der Waals surface area contributed by atoms with E-state index >= 15 is 0 Å². The first-order valence-corrected chi connectivity index (χ1v) is 6.89. The molecule has 3 nitrogen and oxygen atoms in total. The Bertz CT molecular complexity index is 238. The van der Waals surface area contributed by atoms with E-state index < -0.39 is 0 Å². The third-order valence-corrected chi connectivity index (χ3v) is 3.40. The topological polar surface area (TPSA) is 23.6 Å². The molecule has 17 heavy (non-hydrogen) atoms. The minimum Gasteiger partial charge on any atom is -0.308 e. The largest absolute Gasteiger partial charge is 0.308 e. The lowest BCUT2D eigenvalue weighted by molar-refractivity contribution is -0.121. The zero-order valence-corrected chi connectivity index (χ0v) is 11.9. The summed E-state index contributed by atoms with van der Waals surface area (Å²) in [5.41, 5.74) is 0. The Balaban J connectivity index is 2.41. The van der Waals surface area contributed by atoms with Crippen LogP contribution < -0.4 is 0 Å². The van der Waals surface area contributed by atoms with Crippen molar-refractivity contribution >= 4 is 5.78 Å². The monoisotopic (exact) mass is 240 g/mol. The minimum absolute atomic E-state index is 0.316. The van der Waals surface area contributed by atoms with Crippen molar-refractivity contribution in [2.24, 2.45) is 11.8 Å². The molecule has 1 saturated carbocycles. The molecule has 0 saturated heterocycles. The van der Waals surface area contributed by atoms with Crippen molar-refractivity contribution in [3.05, 3.63) is 0 Å². The van der Waals surface area contributed by atoms with Gasteiger partial charge in [-0.3, -0.25) is 4.79 Å². The van der Waals surface area contributed by atoms with Crippen molar-refractivity contribution in [3.63, 3.8) is 0 Å². The quantitative estimate of drug-likeness (QED) is 0.679. The maximum absolute atomic E-state index is 11.7. The second-order valence-corrected chi connectivity index (χ2v) is 6.01. The number of hydrogen-bond acceptors (Lipinski definition) is 3. The van der Waals surface area contributed by atoms with E-state index in [9.17, 15) is 4.79 Å². The van der Waals surface area contributed by atoms with E-state index in [1.807, 2.05) is 0 Å². The predicted octanol–water partition coefficient (Wildman–Crippen LogP) is 1.88. The lowest BCUT2D eigenvalue weighted by Crippen LogP contribution is -2.38. The van der Waals surface area contributed by atoms with Crippen LogP contribution in [0, 0.1) is 11.8 Å². The number of carbonyl (C=O) groups excluding carboxylic acids is 1. The molecule has 0 radical (unpaired) electrons. The highest BCUT2D eigenvalue weighted by Gasteiger charge is 2.26. The smallest absolute Gasteiger partial charge is 0.137 e. The second kappa shape index (κ2) is 7.12. The summed E-state index contributed by atoms with van der Waals surface area (Å²) in [4.78, 5) is 16.4. The van der Waals surface area contributed by atoms with E-state index in [4.69, 9.17) is 0 Å². The average molecular weight is 240 g/mol. The van der Waals surface area contributed by atoms with Crippen LogP contribution in [0.4, 0.5) is 0 Å². The van der Waals surface area contributed by atoms with Gasteiger partial charge in [0.25, 0.3) is 0 Å². The van der Waals surface area contributed by atoms with Crippen LogP contribution in [0.5, 0.6) is 0 Å². The Kier molecular flexibility index (Phi) is 6.14. The van der Waals surface area contributed by atoms with Crippen LogP contribution in [-0.2, 0) is 4.79 Å². The van der Waals surface area contributed by atoms with E-state index in [1.54, 1.807) is 0 Å². The second-order valence-electron chi connectivity index (χ2n) is 6.01. The molecule has 1 unspecified atom stereocenters. The summed E-state index contributed by atoms with van der Waals surface area (Å²) in [5, 5.41) is 0. The van der Waals surface area contributed by atoms with Crippen LogP contribution in [0.25, 0.3) is 0 Å². The molecule has 0 aromatic heterocycles. The summed E-state index contributed by atoms with van der Waals surface area (Å²) in [6, 6.07) is 0. The highest BCUT2D eigenvalue weighted by molar-refractivity contribution is 5.83. The SMILES string of the molecule is CC(C)CN(CCN(C)C)CC1CCCC1=O. The van der Waals surface area contributed by atoms with Crippen LogP contribution in [0.2, 0.25) is 0 Å². The normalized spacial score (nSPS) is 21.1. The molecule has 0 aromatic rings. The molecule has 0 spiro atoms. The number of nitrogens with zero attached hydrogens (tertiary/aromatic N) is 2. The molecule has 0 amide bonds. The number of ketones is 1. The fourth-order valence-corrected chi connectivity index (χ4v) is 2.51. The van der Waals surface area contributed by atoms with Crippen LogP contribution in [-0.4, -0.2) is 55.9 Å². The fourth-order valence-electron chi connectivity index (χ4n) is 2.51. The summed E-state index contributed by atoms with van der Waals surface area (Å²) >= 11 is 0. The summed E-state index contributed by atoms with van der Waals surface area (Å²) in [6.07, 6.45) is 3.02. The minimum atomic E-state index is 0.316. The highest BCUT2D eigenvalue weighted by atomic mass is 16.1. The Morgan fingerprint density at radius 2 is 2.00 bits per heavy atom. The Morgan fingerprint density at radius 3 is 2.47 bits per heavy atom. The van der Waals surface area contributed by atoms with Gasteiger partial charge in [-0.05, 0) is 32.9 Å². The molecule has 1 aliphatic carbocycles. The van der Waals surface area contributed by atoms with Gasteiger partial charge in [-0.15, -0.1) is 0 Å². The summed E-state index contributed by atoms with van der Waals surface area (Å²) in [6.45, 7) is 8.74. The van der Waals surface area contributed by atoms with Crippen LogP contribution >= 0.6 is 0 Å². The van der Waals surface area contributed by atoms with Gasteiger partial charge in [-0.2, -0.15) is 0 Å². The van der Waals surface area contributed by atoms with Gasteiger partial charge in [-0.25, -0.2) is 0 Å². The molecular formula is C14H28N2O. The van der Waals surface area contributed by atoms with E-state index in [0.29, 0.717) is 17.6 Å². The third-order valence-electron chi connectivity index (χ3n) is 3.40. The molecule has 3 heteroatoms. The van der Waals surface area contributed by atoms with Gasteiger partial charge < -0.3 is 9.80 Å². The molecule has 1 atom stereocenters. The van der Waals surface area contributed by atoms with Crippen molar-refractivity contribution in [2.45, 2.75) is 33.1 Å². The lowest BCUT2D eigenvalue weighted by Gasteiger charge is -2.27. The molecule has 1 rings (SSSR count). The Morgan fingerprint density at radius 1 is 1.29 bits per heavy atom. The number of rotatable bonds is 7. The molecule has 0 N–H and O–H groups in total. The zero-order chi connectivity index (χ0) is 12.8. The average Bonchev–Trinajstić information content (AvgIpc) is 2.60. The van der Waals surface area contributed by atoms with Gasteiger partial charge in [0, 0.05) is 38.5 Å². The van der Waals surface area contributed by atoms with Crippen molar-refractivity contribution < 1.29 is 4.79 Å². The van der Waals surface area contributed by atoms with Crippen LogP contribution in [0.15, 0.2) is 0 Å². The first kappa shape index (κ1) is 14.7. The lowest BCUT2D eigenvalue weighted by atomic mass is 10.1. The maximum Gasteiger partial charge on any atom is 0.137 e. The van der Waals surface area contributed by atoms with Crippen molar-refractivity contribution in [3.8, 4) is 0 Å². The van der Waals surface area contributed by atoms with E-state index in [2.05, 4.69) is 37.7 Å². The number of Topliss-reactive ketones (excluding diaryl/α,β-unsaturated/α-hetero) is 1. The van der Waals surface area contributed by atoms with Gasteiger partial charge in [0.2, 0.25) is 0 Å². The Labute approximate surface area is 106 Å². The van der Waals surface area contributed by atoms with Gasteiger partial charge in [0.1, 0.15) is 5.78 Å². The van der Waals surface area contributed by atoms with E-state index in [0.717, 1.165) is 45.4 Å². The number of hydrogen-bond donors (Lipinski definition) is 0. The molecule has 1 aliphatic rings. The van der Waals surface area contributed by atoms with Gasteiger partial charge in [-0.1, -0.05) is 13.8 Å². The fraction of sp³-hybridized carbons (Fsp3) is 0.929. The standard InChI is InChI=1S/C14H28N2O/c1-12(2)10-16(9-8-15(3)4)11-13-6-5-7-14(13)17/h12-13H,5-11H2,1-4H3. The maximum atomic E-state index is 11.7. The molecule has 0 aromatic carbocycles.